The molecular weight excluding hydrogens is 432 g/mol. The Hall–Kier alpha value is -3.35. The van der Waals surface area contributed by atoms with Crippen molar-refractivity contribution < 1.29 is 24.2 Å². The molecule has 0 heterocycles. The molecule has 3 N–H and O–H groups in total. The molecule has 1 saturated carbocycles. The van der Waals surface area contributed by atoms with Gasteiger partial charge in [-0.2, -0.15) is 0 Å². The largest absolute Gasteiger partial charge is 0.481 e. The Morgan fingerprint density at radius 3 is 2.21 bits per heavy atom. The highest BCUT2D eigenvalue weighted by Crippen LogP contribution is 2.44. The van der Waals surface area contributed by atoms with Gasteiger partial charge >= 0.3 is 12.1 Å². The zero-order valence-corrected chi connectivity index (χ0v) is 19.5. The van der Waals surface area contributed by atoms with E-state index in [4.69, 9.17) is 4.74 Å². The fourth-order valence-electron chi connectivity index (χ4n) is 4.88. The zero-order chi connectivity index (χ0) is 24.1. The molecule has 34 heavy (non-hydrogen) atoms. The molecule has 0 radical (unpaired) electrons. The van der Waals surface area contributed by atoms with Gasteiger partial charge in [-0.05, 0) is 47.9 Å². The number of amides is 2. The van der Waals surface area contributed by atoms with Crippen LogP contribution in [0.25, 0.3) is 11.1 Å². The third-order valence-electron chi connectivity index (χ3n) is 7.24. The molecule has 2 aromatic rings. The van der Waals surface area contributed by atoms with Crippen molar-refractivity contribution in [2.45, 2.75) is 44.9 Å². The Balaban J connectivity index is 1.17. The number of carboxylic acids is 1. The molecule has 7 nitrogen and oxygen atoms in total. The maximum atomic E-state index is 12.3. The second-order valence-electron chi connectivity index (χ2n) is 9.45. The van der Waals surface area contributed by atoms with Crippen molar-refractivity contribution in [3.8, 4) is 11.1 Å². The van der Waals surface area contributed by atoms with Crippen molar-refractivity contribution in [1.82, 2.24) is 10.6 Å². The van der Waals surface area contributed by atoms with Gasteiger partial charge in [-0.3, -0.25) is 9.59 Å². The summed E-state index contributed by atoms with van der Waals surface area (Å²) in [7, 11) is 0. The number of carbonyl (C=O) groups excluding carboxylic acids is 2. The van der Waals surface area contributed by atoms with Gasteiger partial charge in [0.15, 0.2) is 0 Å². The van der Waals surface area contributed by atoms with E-state index in [1.807, 2.05) is 31.2 Å². The number of hydrogen-bond donors (Lipinski definition) is 3. The molecule has 2 amide bonds. The van der Waals surface area contributed by atoms with Crippen LogP contribution in [0.5, 0.6) is 0 Å². The monoisotopic (exact) mass is 464 g/mol. The molecule has 0 saturated heterocycles. The first kappa shape index (κ1) is 23.8. The third kappa shape index (κ3) is 4.93. The van der Waals surface area contributed by atoms with E-state index in [9.17, 15) is 19.5 Å². The first-order valence-corrected chi connectivity index (χ1v) is 12.0. The molecular formula is C27H32N2O5. The summed E-state index contributed by atoms with van der Waals surface area (Å²) in [5.74, 6) is -1.21. The summed E-state index contributed by atoms with van der Waals surface area (Å²) in [5.41, 5.74) is 3.92. The number of aliphatic carboxylic acids is 1. The highest BCUT2D eigenvalue weighted by atomic mass is 16.5. The maximum Gasteiger partial charge on any atom is 0.407 e. The fourth-order valence-corrected chi connectivity index (χ4v) is 4.88. The topological polar surface area (TPSA) is 105 Å². The second kappa shape index (κ2) is 10.3. The lowest BCUT2D eigenvalue weighted by Crippen LogP contribution is -2.48. The first-order valence-electron chi connectivity index (χ1n) is 12.0. The molecule has 2 aliphatic rings. The first-order chi connectivity index (χ1) is 16.4. The number of alkyl carbamates (subject to hydrolysis) is 1. The van der Waals surface area contributed by atoms with Crippen LogP contribution in [-0.2, 0) is 14.3 Å². The van der Waals surface area contributed by atoms with E-state index >= 15 is 0 Å². The van der Waals surface area contributed by atoms with Crippen molar-refractivity contribution in [2.75, 3.05) is 19.7 Å². The molecule has 0 spiro atoms. The summed E-state index contributed by atoms with van der Waals surface area (Å²) in [6, 6.07) is 16.4. The molecule has 180 valence electrons. The number of rotatable bonds is 10. The van der Waals surface area contributed by atoms with Crippen LogP contribution in [0.2, 0.25) is 0 Å². The van der Waals surface area contributed by atoms with Crippen molar-refractivity contribution in [3.05, 3.63) is 59.7 Å². The van der Waals surface area contributed by atoms with Crippen LogP contribution >= 0.6 is 0 Å². The standard InChI is InChI=1S/C27H32N2O5/c1-18(24(30)29-17-27(25(31)32)13-7-14-27)8-6-15-28-26(33)34-16-23-21-11-4-2-9-19(21)20-10-3-5-12-22(20)23/h2-5,9-12,18,23H,6-8,13-17H2,1H3,(H,28,33)(H,29,30)(H,31,32). The van der Waals surface area contributed by atoms with Gasteiger partial charge in [0, 0.05) is 24.9 Å². The fraction of sp³-hybridized carbons (Fsp3) is 0.444. The molecule has 1 unspecified atom stereocenters. The van der Waals surface area contributed by atoms with Crippen LogP contribution in [0.1, 0.15) is 56.1 Å². The lowest BCUT2D eigenvalue weighted by molar-refractivity contribution is -0.154. The number of hydrogen-bond acceptors (Lipinski definition) is 4. The Bertz CT molecular complexity index is 1020. The van der Waals surface area contributed by atoms with Gasteiger partial charge in [0.2, 0.25) is 5.91 Å². The highest BCUT2D eigenvalue weighted by molar-refractivity contribution is 5.81. The molecule has 1 fully saturated rings. The van der Waals surface area contributed by atoms with Crippen LogP contribution in [-0.4, -0.2) is 42.8 Å². The van der Waals surface area contributed by atoms with Crippen LogP contribution < -0.4 is 10.6 Å². The number of carbonyl (C=O) groups is 3. The van der Waals surface area contributed by atoms with Crippen LogP contribution in [0.15, 0.2) is 48.5 Å². The number of ether oxygens (including phenoxy) is 1. The summed E-state index contributed by atoms with van der Waals surface area (Å²) in [5, 5.41) is 14.9. The summed E-state index contributed by atoms with van der Waals surface area (Å²) in [6.45, 7) is 2.68. The summed E-state index contributed by atoms with van der Waals surface area (Å²) in [4.78, 5) is 36.0. The predicted molar refractivity (Wildman–Crippen MR) is 128 cm³/mol. The number of carboxylic acid groups (broad SMARTS) is 1. The van der Waals surface area contributed by atoms with E-state index in [1.165, 1.54) is 22.3 Å². The minimum Gasteiger partial charge on any atom is -0.481 e. The summed E-state index contributed by atoms with van der Waals surface area (Å²) >= 11 is 0. The smallest absolute Gasteiger partial charge is 0.407 e. The molecule has 4 rings (SSSR count). The SMILES string of the molecule is CC(CCCNC(=O)OCC1c2ccccc2-c2ccccc21)C(=O)NCC1(C(=O)O)CCC1. The third-order valence-corrected chi connectivity index (χ3v) is 7.24. The molecule has 0 aromatic heterocycles. The van der Waals surface area contributed by atoms with E-state index in [-0.39, 0.29) is 30.9 Å². The number of fused-ring (bicyclic) bond motifs is 3. The number of nitrogens with one attached hydrogen (secondary N) is 2. The zero-order valence-electron chi connectivity index (χ0n) is 19.5. The quantitative estimate of drug-likeness (QED) is 0.455. The van der Waals surface area contributed by atoms with Gasteiger partial charge in [-0.1, -0.05) is 61.9 Å². The van der Waals surface area contributed by atoms with Gasteiger partial charge in [0.05, 0.1) is 5.41 Å². The van der Waals surface area contributed by atoms with Gasteiger partial charge in [0.1, 0.15) is 6.61 Å². The maximum absolute atomic E-state index is 12.3. The molecule has 1 atom stereocenters. The Kier molecular flexibility index (Phi) is 7.20. The molecule has 2 aromatic carbocycles. The van der Waals surface area contributed by atoms with Gasteiger partial charge in [-0.15, -0.1) is 0 Å². The van der Waals surface area contributed by atoms with Crippen molar-refractivity contribution in [1.29, 1.82) is 0 Å². The predicted octanol–water partition coefficient (Wildman–Crippen LogP) is 4.31. The van der Waals surface area contributed by atoms with Crippen molar-refractivity contribution in [2.24, 2.45) is 11.3 Å². The average molecular weight is 465 g/mol. The molecule has 0 bridgehead atoms. The van der Waals surface area contributed by atoms with Crippen molar-refractivity contribution >= 4 is 18.0 Å². The Morgan fingerprint density at radius 2 is 1.65 bits per heavy atom. The van der Waals surface area contributed by atoms with E-state index in [0.717, 1.165) is 6.42 Å². The van der Waals surface area contributed by atoms with Crippen LogP contribution in [0.3, 0.4) is 0 Å². The molecule has 7 heteroatoms. The van der Waals surface area contributed by atoms with E-state index < -0.39 is 17.5 Å². The Morgan fingerprint density at radius 1 is 1.03 bits per heavy atom. The van der Waals surface area contributed by atoms with Crippen LogP contribution in [0, 0.1) is 11.3 Å². The molecule has 2 aliphatic carbocycles. The average Bonchev–Trinajstić information content (AvgIpc) is 3.13. The minimum absolute atomic E-state index is 0.0200. The molecule has 0 aliphatic heterocycles. The summed E-state index contributed by atoms with van der Waals surface area (Å²) < 4.78 is 5.53. The minimum atomic E-state index is -0.834. The highest BCUT2D eigenvalue weighted by Gasteiger charge is 2.44. The van der Waals surface area contributed by atoms with Gasteiger partial charge < -0.3 is 20.5 Å². The van der Waals surface area contributed by atoms with Gasteiger partial charge in [0.25, 0.3) is 0 Å². The van der Waals surface area contributed by atoms with E-state index in [2.05, 4.69) is 34.9 Å². The lowest BCUT2D eigenvalue weighted by Gasteiger charge is -2.37. The number of benzene rings is 2. The van der Waals surface area contributed by atoms with E-state index in [1.54, 1.807) is 0 Å². The second-order valence-corrected chi connectivity index (χ2v) is 9.45. The van der Waals surface area contributed by atoms with Gasteiger partial charge in [-0.25, -0.2) is 4.79 Å². The Labute approximate surface area is 199 Å². The lowest BCUT2D eigenvalue weighted by atomic mass is 9.68. The van der Waals surface area contributed by atoms with E-state index in [0.29, 0.717) is 32.2 Å². The van der Waals surface area contributed by atoms with Crippen LogP contribution in [0.4, 0.5) is 4.79 Å². The summed E-state index contributed by atoms with van der Waals surface area (Å²) in [6.07, 6.45) is 2.87. The van der Waals surface area contributed by atoms with Crippen molar-refractivity contribution in [3.63, 3.8) is 0 Å². The normalized spacial score (nSPS) is 16.5.